The second-order valence-corrected chi connectivity index (χ2v) is 5.75. The van der Waals surface area contributed by atoms with Gasteiger partial charge in [-0.15, -0.1) is 0 Å². The maximum Gasteiger partial charge on any atom is 0.212 e. The molecule has 7 nitrogen and oxygen atoms in total. The van der Waals surface area contributed by atoms with E-state index in [0.717, 1.165) is 27.6 Å². The molecule has 1 aliphatic rings. The Balaban J connectivity index is 1.91. The van der Waals surface area contributed by atoms with Crippen LogP contribution >= 0.6 is 0 Å². The lowest BCUT2D eigenvalue weighted by atomic mass is 9.96. The second-order valence-electron chi connectivity index (χ2n) is 5.75. The van der Waals surface area contributed by atoms with Crippen LogP contribution in [0.5, 0.6) is 0 Å². The molecule has 0 bridgehead atoms. The number of rotatable bonds is 5. The Labute approximate surface area is 145 Å². The van der Waals surface area contributed by atoms with Crippen molar-refractivity contribution < 1.29 is 10.0 Å². The van der Waals surface area contributed by atoms with E-state index in [9.17, 15) is 4.79 Å². The van der Waals surface area contributed by atoms with Crippen molar-refractivity contribution in [3.05, 3.63) is 48.1 Å². The van der Waals surface area contributed by atoms with Gasteiger partial charge in [-0.25, -0.2) is 4.98 Å². The van der Waals surface area contributed by atoms with Gasteiger partial charge in [0, 0.05) is 34.9 Å². The molecule has 0 radical (unpaired) electrons. The number of pyridine rings is 2. The maximum absolute atomic E-state index is 10.5. The van der Waals surface area contributed by atoms with Crippen LogP contribution in [0, 0.1) is 0 Å². The van der Waals surface area contributed by atoms with Crippen LogP contribution in [0.2, 0.25) is 0 Å². The number of anilines is 1. The quantitative estimate of drug-likeness (QED) is 0.337. The Bertz CT molecular complexity index is 901. The molecule has 25 heavy (non-hydrogen) atoms. The summed E-state index contributed by atoms with van der Waals surface area (Å²) in [6.45, 7) is 3.95. The molecule has 0 saturated heterocycles. The zero-order valence-corrected chi connectivity index (χ0v) is 14.0. The van der Waals surface area contributed by atoms with Crippen molar-refractivity contribution in [3.8, 4) is 0 Å². The predicted molar refractivity (Wildman–Crippen MR) is 97.4 cm³/mol. The van der Waals surface area contributed by atoms with Crippen LogP contribution < -0.4 is 10.6 Å². The average molecular weight is 337 g/mol. The molecule has 0 saturated carbocycles. The summed E-state index contributed by atoms with van der Waals surface area (Å²) in [6.07, 6.45) is 8.64. The number of hydrogen-bond donors (Lipinski definition) is 3. The van der Waals surface area contributed by atoms with Gasteiger partial charge in [-0.2, -0.15) is 0 Å². The summed E-state index contributed by atoms with van der Waals surface area (Å²) < 4.78 is 0. The molecule has 2 aromatic rings. The summed E-state index contributed by atoms with van der Waals surface area (Å²) in [4.78, 5) is 19.2. The van der Waals surface area contributed by atoms with Gasteiger partial charge < -0.3 is 15.8 Å². The molecule has 0 spiro atoms. The van der Waals surface area contributed by atoms with E-state index in [1.165, 1.54) is 0 Å². The Morgan fingerprint density at radius 1 is 1.36 bits per heavy atom. The number of hydrogen-bond acceptors (Lipinski definition) is 6. The first-order chi connectivity index (χ1) is 12.2. The number of fused-ring (bicyclic) bond motifs is 1. The van der Waals surface area contributed by atoms with E-state index in [1.807, 2.05) is 32.2 Å². The Kier molecular flexibility index (Phi) is 4.74. The van der Waals surface area contributed by atoms with Crippen LogP contribution in [0.25, 0.3) is 16.3 Å². The highest BCUT2D eigenvalue weighted by atomic mass is 16.4. The minimum absolute atomic E-state index is 0.113. The molecule has 0 fully saturated rings. The molecule has 0 aliphatic carbocycles. The summed E-state index contributed by atoms with van der Waals surface area (Å²) in [7, 11) is 0. The van der Waals surface area contributed by atoms with E-state index in [1.54, 1.807) is 18.5 Å². The first-order valence-corrected chi connectivity index (χ1v) is 7.98. The van der Waals surface area contributed by atoms with E-state index in [2.05, 4.69) is 25.8 Å². The standard InChI is InChI=1S/C18H19N5O2/c1-3-15(23-25)17-4-11(2)14(9-20-17)16-5-12-8-21-18(22-10-24)6-13(12)7-19-16/h4-10,17,20,25H,3H2,1-2H3,(H,21,22,24)/b23-15-. The lowest BCUT2D eigenvalue weighted by molar-refractivity contribution is -0.105. The van der Waals surface area contributed by atoms with Crippen molar-refractivity contribution >= 4 is 34.3 Å². The van der Waals surface area contributed by atoms with Gasteiger partial charge in [-0.3, -0.25) is 9.78 Å². The summed E-state index contributed by atoms with van der Waals surface area (Å²) in [6, 6.07) is 3.62. The van der Waals surface area contributed by atoms with Gasteiger partial charge in [-0.05, 0) is 31.1 Å². The third kappa shape index (κ3) is 3.35. The number of nitrogens with zero attached hydrogens (tertiary/aromatic N) is 3. The smallest absolute Gasteiger partial charge is 0.212 e. The number of nitrogens with one attached hydrogen (secondary N) is 2. The van der Waals surface area contributed by atoms with Crippen LogP contribution in [0.4, 0.5) is 5.82 Å². The van der Waals surface area contributed by atoms with Crippen molar-refractivity contribution in [2.24, 2.45) is 5.16 Å². The van der Waals surface area contributed by atoms with Crippen molar-refractivity contribution in [2.75, 3.05) is 5.32 Å². The topological polar surface area (TPSA) is 99.5 Å². The average Bonchev–Trinajstić information content (AvgIpc) is 2.63. The summed E-state index contributed by atoms with van der Waals surface area (Å²) >= 11 is 0. The number of amides is 1. The van der Waals surface area contributed by atoms with Gasteiger partial charge in [0.05, 0.1) is 17.4 Å². The van der Waals surface area contributed by atoms with Gasteiger partial charge in [-0.1, -0.05) is 18.2 Å². The minimum atomic E-state index is -0.113. The second kappa shape index (κ2) is 7.12. The molecule has 2 aromatic heterocycles. The zero-order chi connectivity index (χ0) is 17.8. The third-order valence-corrected chi connectivity index (χ3v) is 4.18. The van der Waals surface area contributed by atoms with E-state index >= 15 is 0 Å². The summed E-state index contributed by atoms with van der Waals surface area (Å²) in [5.41, 5.74) is 3.53. The first-order valence-electron chi connectivity index (χ1n) is 7.98. The highest BCUT2D eigenvalue weighted by Gasteiger charge is 2.18. The molecular weight excluding hydrogens is 318 g/mol. The van der Waals surface area contributed by atoms with Crippen LogP contribution in [0.3, 0.4) is 0 Å². The highest BCUT2D eigenvalue weighted by molar-refractivity contribution is 5.94. The van der Waals surface area contributed by atoms with E-state index in [0.29, 0.717) is 24.4 Å². The monoisotopic (exact) mass is 337 g/mol. The molecular formula is C18H19N5O2. The van der Waals surface area contributed by atoms with E-state index < -0.39 is 0 Å². The number of oxime groups is 1. The van der Waals surface area contributed by atoms with Crippen LogP contribution in [-0.2, 0) is 4.79 Å². The molecule has 1 amide bonds. The van der Waals surface area contributed by atoms with Gasteiger partial charge in [0.1, 0.15) is 5.82 Å². The van der Waals surface area contributed by atoms with Crippen LogP contribution in [-0.4, -0.2) is 33.3 Å². The van der Waals surface area contributed by atoms with Gasteiger partial charge in [0.15, 0.2) is 0 Å². The first kappa shape index (κ1) is 16.6. The van der Waals surface area contributed by atoms with Crippen molar-refractivity contribution in [3.63, 3.8) is 0 Å². The normalized spacial score (nSPS) is 17.5. The molecule has 128 valence electrons. The van der Waals surface area contributed by atoms with Gasteiger partial charge in [0.25, 0.3) is 0 Å². The Morgan fingerprint density at radius 3 is 2.80 bits per heavy atom. The lowest BCUT2D eigenvalue weighted by Crippen LogP contribution is -2.33. The van der Waals surface area contributed by atoms with E-state index in [4.69, 9.17) is 5.21 Å². The highest BCUT2D eigenvalue weighted by Crippen LogP contribution is 2.27. The van der Waals surface area contributed by atoms with Gasteiger partial charge >= 0.3 is 0 Å². The number of carbonyl (C=O) groups excluding carboxylic acids is 1. The zero-order valence-electron chi connectivity index (χ0n) is 14.0. The Morgan fingerprint density at radius 2 is 2.12 bits per heavy atom. The molecule has 0 aromatic carbocycles. The number of aromatic nitrogens is 2. The molecule has 3 N–H and O–H groups in total. The number of carbonyl (C=O) groups is 1. The predicted octanol–water partition coefficient (Wildman–Crippen LogP) is 2.70. The fourth-order valence-electron chi connectivity index (χ4n) is 2.82. The molecule has 1 aliphatic heterocycles. The number of allylic oxidation sites excluding steroid dienone is 2. The van der Waals surface area contributed by atoms with E-state index in [-0.39, 0.29) is 6.04 Å². The molecule has 3 rings (SSSR count). The summed E-state index contributed by atoms with van der Waals surface area (Å²) in [5.74, 6) is 0.491. The van der Waals surface area contributed by atoms with Crippen molar-refractivity contribution in [1.29, 1.82) is 0 Å². The fraction of sp³-hybridized carbons (Fsp3) is 0.222. The van der Waals surface area contributed by atoms with Crippen molar-refractivity contribution in [1.82, 2.24) is 15.3 Å². The van der Waals surface area contributed by atoms with Crippen LogP contribution in [0.1, 0.15) is 26.0 Å². The Hall–Kier alpha value is -3.22. The third-order valence-electron chi connectivity index (χ3n) is 4.18. The SMILES string of the molecule is CC/C(=N/O)C1C=C(C)C(c2cc3cnc(NC=O)cc3cn2)=CN1. The molecule has 3 heterocycles. The molecule has 1 atom stereocenters. The lowest BCUT2D eigenvalue weighted by Gasteiger charge is -2.22. The fourth-order valence-corrected chi connectivity index (χ4v) is 2.82. The molecule has 7 heteroatoms. The number of dihydropyridines is 1. The maximum atomic E-state index is 10.5. The van der Waals surface area contributed by atoms with Crippen LogP contribution in [0.15, 0.2) is 47.5 Å². The minimum Gasteiger partial charge on any atom is -0.411 e. The molecule has 1 unspecified atom stereocenters. The van der Waals surface area contributed by atoms with Gasteiger partial charge in [0.2, 0.25) is 6.41 Å². The summed E-state index contributed by atoms with van der Waals surface area (Å²) in [5, 5.41) is 20.0. The van der Waals surface area contributed by atoms with Crippen molar-refractivity contribution in [2.45, 2.75) is 26.3 Å². The largest absolute Gasteiger partial charge is 0.411 e.